The fraction of sp³-hybridized carbons (Fsp3) is 0.857. The van der Waals surface area contributed by atoms with Crippen LogP contribution in [-0.2, 0) is 14.3 Å². The summed E-state index contributed by atoms with van der Waals surface area (Å²) in [5, 5.41) is 0. The van der Waals surface area contributed by atoms with Crippen molar-refractivity contribution in [2.75, 3.05) is 20.3 Å². The molecule has 0 aliphatic carbocycles. The van der Waals surface area contributed by atoms with Crippen molar-refractivity contribution in [2.45, 2.75) is 19.4 Å². The van der Waals surface area contributed by atoms with E-state index in [4.69, 9.17) is 15.2 Å². The number of nitrogens with two attached hydrogens (primary N) is 1. The molecule has 4 heteroatoms. The minimum atomic E-state index is -1.02. The Labute approximate surface area is 66.7 Å². The third-order valence-electron chi connectivity index (χ3n) is 1.19. The maximum absolute atomic E-state index is 11.0. The van der Waals surface area contributed by atoms with Gasteiger partial charge in [-0.05, 0) is 13.8 Å². The minimum Gasteiger partial charge on any atom is -0.465 e. The lowest BCUT2D eigenvalue weighted by Gasteiger charge is -2.20. The first-order valence-corrected chi connectivity index (χ1v) is 3.49. The molecule has 0 aliphatic heterocycles. The van der Waals surface area contributed by atoms with Gasteiger partial charge in [0.15, 0.2) is 0 Å². The number of methoxy groups -OCH3 is 1. The van der Waals surface area contributed by atoms with E-state index >= 15 is 0 Å². The van der Waals surface area contributed by atoms with E-state index in [2.05, 4.69) is 0 Å². The average molecular weight is 161 g/mol. The van der Waals surface area contributed by atoms with Crippen LogP contribution < -0.4 is 5.73 Å². The van der Waals surface area contributed by atoms with Crippen LogP contribution in [0.1, 0.15) is 13.8 Å². The lowest BCUT2D eigenvalue weighted by Crippen LogP contribution is -2.49. The normalized spacial score (nSPS) is 15.6. The van der Waals surface area contributed by atoms with Gasteiger partial charge in [0, 0.05) is 7.11 Å². The molecule has 0 radical (unpaired) electrons. The average Bonchev–Trinajstić information content (AvgIpc) is 1.88. The lowest BCUT2D eigenvalue weighted by molar-refractivity contribution is -0.150. The molecule has 0 aromatic carbocycles. The van der Waals surface area contributed by atoms with E-state index < -0.39 is 11.5 Å². The third-order valence-corrected chi connectivity index (χ3v) is 1.19. The van der Waals surface area contributed by atoms with E-state index in [0.29, 0.717) is 6.61 Å². The van der Waals surface area contributed by atoms with Crippen molar-refractivity contribution in [3.8, 4) is 0 Å². The van der Waals surface area contributed by atoms with Gasteiger partial charge in [0.25, 0.3) is 0 Å². The van der Waals surface area contributed by atoms with Gasteiger partial charge in [-0.3, -0.25) is 0 Å². The summed E-state index contributed by atoms with van der Waals surface area (Å²) < 4.78 is 9.46. The molecule has 4 nitrogen and oxygen atoms in total. The van der Waals surface area contributed by atoms with Crippen LogP contribution >= 0.6 is 0 Å². The number of carbonyl (C=O) groups excluding carboxylic acids is 1. The lowest BCUT2D eigenvalue weighted by atomic mass is 10.1. The van der Waals surface area contributed by atoms with Gasteiger partial charge in [0.2, 0.25) is 0 Å². The van der Waals surface area contributed by atoms with E-state index in [1.165, 1.54) is 7.11 Å². The van der Waals surface area contributed by atoms with E-state index in [1.54, 1.807) is 13.8 Å². The van der Waals surface area contributed by atoms with Crippen molar-refractivity contribution in [3.05, 3.63) is 0 Å². The molecule has 0 aromatic rings. The van der Waals surface area contributed by atoms with Crippen LogP contribution in [0.25, 0.3) is 0 Å². The molecule has 1 atom stereocenters. The number of ether oxygens (including phenoxy) is 2. The molecule has 0 bridgehead atoms. The number of esters is 1. The van der Waals surface area contributed by atoms with Crippen LogP contribution in [0.15, 0.2) is 0 Å². The third kappa shape index (κ3) is 3.34. The van der Waals surface area contributed by atoms with Crippen molar-refractivity contribution < 1.29 is 14.3 Å². The van der Waals surface area contributed by atoms with E-state index in [9.17, 15) is 4.79 Å². The molecule has 0 spiro atoms. The van der Waals surface area contributed by atoms with Crippen LogP contribution in [0.4, 0.5) is 0 Å². The Hall–Kier alpha value is -0.610. The number of rotatable bonds is 4. The second kappa shape index (κ2) is 4.31. The van der Waals surface area contributed by atoms with Gasteiger partial charge in [-0.15, -0.1) is 0 Å². The molecule has 2 N–H and O–H groups in total. The molecule has 0 unspecified atom stereocenters. The highest BCUT2D eigenvalue weighted by Gasteiger charge is 2.29. The summed E-state index contributed by atoms with van der Waals surface area (Å²) in [7, 11) is 1.49. The van der Waals surface area contributed by atoms with Crippen LogP contribution in [0.3, 0.4) is 0 Å². The molecule has 0 saturated carbocycles. The molecular weight excluding hydrogens is 146 g/mol. The topological polar surface area (TPSA) is 61.5 Å². The molecule has 0 amide bonds. The molecule has 0 fully saturated rings. The van der Waals surface area contributed by atoms with Crippen LogP contribution in [0.2, 0.25) is 0 Å². The predicted molar refractivity (Wildman–Crippen MR) is 41.1 cm³/mol. The van der Waals surface area contributed by atoms with Gasteiger partial charge in [0.05, 0.1) is 13.2 Å². The summed E-state index contributed by atoms with van der Waals surface area (Å²) in [6.07, 6.45) is 0. The second-order valence-electron chi connectivity index (χ2n) is 2.57. The zero-order valence-electron chi connectivity index (χ0n) is 7.22. The first-order chi connectivity index (χ1) is 5.04. The highest BCUT2D eigenvalue weighted by Crippen LogP contribution is 2.02. The van der Waals surface area contributed by atoms with Crippen LogP contribution in [0, 0.1) is 0 Å². The zero-order chi connectivity index (χ0) is 8.91. The summed E-state index contributed by atoms with van der Waals surface area (Å²) in [4.78, 5) is 11.0. The monoisotopic (exact) mass is 161 g/mol. The van der Waals surface area contributed by atoms with Gasteiger partial charge in [-0.2, -0.15) is 0 Å². The maximum Gasteiger partial charge on any atom is 0.328 e. The Morgan fingerprint density at radius 1 is 1.64 bits per heavy atom. The van der Waals surface area contributed by atoms with Crippen molar-refractivity contribution in [2.24, 2.45) is 5.73 Å². The standard InChI is InChI=1S/C7H15NO3/c1-4-11-6(9)7(2,8)5-10-3/h4-5,8H2,1-3H3/t7-/m1/s1. The first kappa shape index (κ1) is 10.4. The Morgan fingerprint density at radius 2 is 2.18 bits per heavy atom. The van der Waals surface area contributed by atoms with E-state index in [1.807, 2.05) is 0 Å². The molecule has 0 saturated heterocycles. The summed E-state index contributed by atoms with van der Waals surface area (Å²) >= 11 is 0. The summed E-state index contributed by atoms with van der Waals surface area (Å²) in [6, 6.07) is 0. The number of hydrogen-bond acceptors (Lipinski definition) is 4. The Morgan fingerprint density at radius 3 is 2.55 bits per heavy atom. The molecule has 66 valence electrons. The SMILES string of the molecule is CCOC(=O)[C@](C)(N)COC. The van der Waals surface area contributed by atoms with Crippen molar-refractivity contribution in [1.82, 2.24) is 0 Å². The van der Waals surface area contributed by atoms with Crippen molar-refractivity contribution in [1.29, 1.82) is 0 Å². The van der Waals surface area contributed by atoms with E-state index in [0.717, 1.165) is 0 Å². The van der Waals surface area contributed by atoms with Crippen LogP contribution in [0.5, 0.6) is 0 Å². The molecule has 0 aliphatic rings. The minimum absolute atomic E-state index is 0.172. The first-order valence-electron chi connectivity index (χ1n) is 3.49. The molecule has 11 heavy (non-hydrogen) atoms. The number of carbonyl (C=O) groups is 1. The fourth-order valence-corrected chi connectivity index (χ4v) is 0.655. The highest BCUT2D eigenvalue weighted by molar-refractivity contribution is 5.80. The quantitative estimate of drug-likeness (QED) is 0.585. The molecular formula is C7H15NO3. The number of hydrogen-bond donors (Lipinski definition) is 1. The largest absolute Gasteiger partial charge is 0.465 e. The summed E-state index contributed by atoms with van der Waals surface area (Å²) in [5.74, 6) is -0.429. The van der Waals surface area contributed by atoms with E-state index in [-0.39, 0.29) is 6.61 Å². The Bertz CT molecular complexity index is 134. The summed E-state index contributed by atoms with van der Waals surface area (Å²) in [5.41, 5.74) is 4.53. The van der Waals surface area contributed by atoms with Gasteiger partial charge in [-0.25, -0.2) is 4.79 Å². The maximum atomic E-state index is 11.0. The van der Waals surface area contributed by atoms with Gasteiger partial charge in [-0.1, -0.05) is 0 Å². The van der Waals surface area contributed by atoms with Gasteiger partial charge >= 0.3 is 5.97 Å². The summed E-state index contributed by atoms with van der Waals surface area (Å²) in [6.45, 7) is 3.83. The van der Waals surface area contributed by atoms with Gasteiger partial charge < -0.3 is 15.2 Å². The van der Waals surface area contributed by atoms with Crippen molar-refractivity contribution >= 4 is 5.97 Å². The Balaban J connectivity index is 3.94. The zero-order valence-corrected chi connectivity index (χ0v) is 7.22. The predicted octanol–water partition coefficient (Wildman–Crippen LogP) is -0.0867. The smallest absolute Gasteiger partial charge is 0.328 e. The molecule has 0 aromatic heterocycles. The molecule has 0 rings (SSSR count). The van der Waals surface area contributed by atoms with Crippen LogP contribution in [-0.4, -0.2) is 31.8 Å². The van der Waals surface area contributed by atoms with Crippen molar-refractivity contribution in [3.63, 3.8) is 0 Å². The Kier molecular flexibility index (Phi) is 4.07. The van der Waals surface area contributed by atoms with Gasteiger partial charge in [0.1, 0.15) is 5.54 Å². The molecule has 0 heterocycles. The highest BCUT2D eigenvalue weighted by atomic mass is 16.5. The fourth-order valence-electron chi connectivity index (χ4n) is 0.655. The second-order valence-corrected chi connectivity index (χ2v) is 2.57.